The minimum atomic E-state index is -0.895. The maximum atomic E-state index is 11.8. The lowest BCUT2D eigenvalue weighted by atomic mass is 9.90. The normalized spacial score (nSPS) is 10.6. The number of rotatable bonds is 5. The van der Waals surface area contributed by atoms with Crippen LogP contribution in [0.15, 0.2) is 24.3 Å². The molecule has 0 saturated carbocycles. The maximum Gasteiger partial charge on any atom is 0.309 e. The highest BCUT2D eigenvalue weighted by atomic mass is 16.4. The van der Waals surface area contributed by atoms with E-state index < -0.39 is 11.4 Å². The summed E-state index contributed by atoms with van der Waals surface area (Å²) in [5.74, 6) is -1.20. The smallest absolute Gasteiger partial charge is 0.309 e. The monoisotopic (exact) mass is 260 g/mol. The molecule has 0 aliphatic rings. The molecule has 1 amide bonds. The van der Waals surface area contributed by atoms with Gasteiger partial charge in [-0.1, -0.05) is 6.07 Å². The van der Waals surface area contributed by atoms with E-state index in [9.17, 15) is 9.59 Å². The minimum absolute atomic E-state index is 0.273. The van der Waals surface area contributed by atoms with Crippen LogP contribution >= 0.6 is 0 Å². The molecule has 19 heavy (non-hydrogen) atoms. The average Bonchev–Trinajstić information content (AvgIpc) is 2.38. The van der Waals surface area contributed by atoms with Gasteiger partial charge in [-0.2, -0.15) is 5.26 Å². The molecule has 0 heterocycles. The second kappa shape index (κ2) is 6.01. The predicted molar refractivity (Wildman–Crippen MR) is 69.5 cm³/mol. The Hall–Kier alpha value is -2.35. The maximum absolute atomic E-state index is 11.8. The minimum Gasteiger partial charge on any atom is -0.481 e. The number of nitrogens with zero attached hydrogens (tertiary/aromatic N) is 1. The van der Waals surface area contributed by atoms with Gasteiger partial charge in [-0.3, -0.25) is 9.59 Å². The lowest BCUT2D eigenvalue weighted by molar-refractivity contribution is -0.147. The van der Waals surface area contributed by atoms with Crippen LogP contribution < -0.4 is 5.32 Å². The first-order valence-electron chi connectivity index (χ1n) is 5.88. The third-order valence-electron chi connectivity index (χ3n) is 2.87. The molecule has 0 atom stereocenters. The first-order chi connectivity index (χ1) is 8.86. The van der Waals surface area contributed by atoms with E-state index in [4.69, 9.17) is 10.4 Å². The number of nitriles is 1. The molecule has 0 aliphatic heterocycles. The van der Waals surface area contributed by atoms with Gasteiger partial charge in [-0.25, -0.2) is 0 Å². The quantitative estimate of drug-likeness (QED) is 0.844. The number of aliphatic carboxylic acids is 1. The Balaban J connectivity index is 2.57. The Labute approximate surface area is 111 Å². The fourth-order valence-electron chi connectivity index (χ4n) is 1.43. The van der Waals surface area contributed by atoms with Gasteiger partial charge in [0, 0.05) is 12.1 Å². The molecule has 2 N–H and O–H groups in total. The highest BCUT2D eigenvalue weighted by Crippen LogP contribution is 2.19. The fourth-order valence-corrected chi connectivity index (χ4v) is 1.43. The van der Waals surface area contributed by atoms with Crippen LogP contribution in [-0.2, 0) is 4.79 Å². The van der Waals surface area contributed by atoms with Crippen LogP contribution in [0.25, 0.3) is 0 Å². The van der Waals surface area contributed by atoms with Crippen LogP contribution in [0.2, 0.25) is 0 Å². The van der Waals surface area contributed by atoms with Gasteiger partial charge in [-0.05, 0) is 38.5 Å². The topological polar surface area (TPSA) is 90.2 Å². The Kier molecular flexibility index (Phi) is 4.65. The Morgan fingerprint density at radius 3 is 2.68 bits per heavy atom. The molecule has 5 nitrogen and oxygen atoms in total. The fraction of sp³-hybridized carbons (Fsp3) is 0.357. The lowest BCUT2D eigenvalue weighted by Crippen LogP contribution is -2.31. The number of carbonyl (C=O) groups is 2. The van der Waals surface area contributed by atoms with Crippen molar-refractivity contribution in [1.29, 1.82) is 5.26 Å². The summed E-state index contributed by atoms with van der Waals surface area (Å²) in [6, 6.07) is 8.32. The summed E-state index contributed by atoms with van der Waals surface area (Å²) in [6.45, 7) is 3.49. The van der Waals surface area contributed by atoms with Crippen molar-refractivity contribution < 1.29 is 14.7 Å². The van der Waals surface area contributed by atoms with Crippen LogP contribution in [-0.4, -0.2) is 23.5 Å². The zero-order chi connectivity index (χ0) is 14.5. The summed E-state index contributed by atoms with van der Waals surface area (Å²) >= 11 is 0. The van der Waals surface area contributed by atoms with Crippen molar-refractivity contribution in [1.82, 2.24) is 5.32 Å². The van der Waals surface area contributed by atoms with Crippen molar-refractivity contribution in [3.63, 3.8) is 0 Å². The second-order valence-corrected chi connectivity index (χ2v) is 4.89. The predicted octanol–water partition coefficient (Wildman–Crippen LogP) is 1.79. The largest absolute Gasteiger partial charge is 0.481 e. The summed E-state index contributed by atoms with van der Waals surface area (Å²) in [7, 11) is 0. The Morgan fingerprint density at radius 1 is 1.42 bits per heavy atom. The number of benzene rings is 1. The number of carboxylic acids is 1. The third kappa shape index (κ3) is 4.11. The van der Waals surface area contributed by atoms with Crippen LogP contribution in [0.1, 0.15) is 36.2 Å². The van der Waals surface area contributed by atoms with Gasteiger partial charge in [0.25, 0.3) is 5.91 Å². The van der Waals surface area contributed by atoms with Gasteiger partial charge in [0.15, 0.2) is 0 Å². The molecule has 0 aromatic heterocycles. The molecule has 1 aromatic carbocycles. The number of nitrogens with one attached hydrogen (secondary N) is 1. The van der Waals surface area contributed by atoms with Gasteiger partial charge >= 0.3 is 5.97 Å². The molecule has 5 heteroatoms. The van der Waals surface area contributed by atoms with Crippen molar-refractivity contribution in [3.05, 3.63) is 35.4 Å². The summed E-state index contributed by atoms with van der Waals surface area (Å²) in [5, 5.41) is 20.3. The number of carbonyl (C=O) groups excluding carboxylic acids is 1. The summed E-state index contributed by atoms with van der Waals surface area (Å²) < 4.78 is 0. The van der Waals surface area contributed by atoms with E-state index in [1.165, 1.54) is 6.07 Å². The first-order valence-corrected chi connectivity index (χ1v) is 5.88. The van der Waals surface area contributed by atoms with E-state index in [1.807, 2.05) is 6.07 Å². The third-order valence-corrected chi connectivity index (χ3v) is 2.87. The first kappa shape index (κ1) is 14.7. The highest BCUT2D eigenvalue weighted by Gasteiger charge is 2.26. The summed E-state index contributed by atoms with van der Waals surface area (Å²) in [5.41, 5.74) is -0.0624. The van der Waals surface area contributed by atoms with Gasteiger partial charge in [-0.15, -0.1) is 0 Å². The van der Waals surface area contributed by atoms with Crippen molar-refractivity contribution in [2.24, 2.45) is 5.41 Å². The van der Waals surface area contributed by atoms with Crippen molar-refractivity contribution >= 4 is 11.9 Å². The van der Waals surface area contributed by atoms with E-state index in [1.54, 1.807) is 32.0 Å². The van der Waals surface area contributed by atoms with Crippen molar-refractivity contribution in [2.45, 2.75) is 20.3 Å². The van der Waals surface area contributed by atoms with E-state index in [0.717, 1.165) is 0 Å². The number of carboxylic acid groups (broad SMARTS) is 1. The molecule has 1 rings (SSSR count). The molecule has 0 bridgehead atoms. The Bertz CT molecular complexity index is 530. The average molecular weight is 260 g/mol. The molecule has 0 saturated heterocycles. The van der Waals surface area contributed by atoms with E-state index in [0.29, 0.717) is 17.5 Å². The standard InChI is InChI=1S/C14H16N2O3/c1-14(2,13(18)19)6-7-16-12(17)11-5-3-4-10(8-11)9-15/h3-5,8H,6-7H2,1-2H3,(H,16,17)(H,18,19). The molecular formula is C14H16N2O3. The van der Waals surface area contributed by atoms with Gasteiger partial charge < -0.3 is 10.4 Å². The second-order valence-electron chi connectivity index (χ2n) is 4.89. The number of hydrogen-bond donors (Lipinski definition) is 2. The van der Waals surface area contributed by atoms with Crippen LogP contribution in [0.3, 0.4) is 0 Å². The zero-order valence-corrected chi connectivity index (χ0v) is 10.9. The molecule has 1 aromatic rings. The summed E-state index contributed by atoms with van der Waals surface area (Å²) in [4.78, 5) is 22.7. The van der Waals surface area contributed by atoms with Crippen LogP contribution in [0.4, 0.5) is 0 Å². The van der Waals surface area contributed by atoms with Gasteiger partial charge in [0.05, 0.1) is 17.0 Å². The molecule has 0 unspecified atom stereocenters. The van der Waals surface area contributed by atoms with Crippen molar-refractivity contribution in [2.75, 3.05) is 6.54 Å². The number of amides is 1. The zero-order valence-electron chi connectivity index (χ0n) is 10.9. The summed E-state index contributed by atoms with van der Waals surface area (Å²) in [6.07, 6.45) is 0.339. The lowest BCUT2D eigenvalue weighted by Gasteiger charge is -2.18. The molecule has 0 fully saturated rings. The molecular weight excluding hydrogens is 244 g/mol. The Morgan fingerprint density at radius 2 is 2.11 bits per heavy atom. The van der Waals surface area contributed by atoms with Crippen molar-refractivity contribution in [3.8, 4) is 6.07 Å². The van der Waals surface area contributed by atoms with E-state index >= 15 is 0 Å². The van der Waals surface area contributed by atoms with Crippen LogP contribution in [0, 0.1) is 16.7 Å². The van der Waals surface area contributed by atoms with E-state index in [-0.39, 0.29) is 12.5 Å². The molecule has 0 radical (unpaired) electrons. The van der Waals surface area contributed by atoms with Gasteiger partial charge in [0.2, 0.25) is 0 Å². The van der Waals surface area contributed by atoms with E-state index in [2.05, 4.69) is 5.32 Å². The number of hydrogen-bond acceptors (Lipinski definition) is 3. The van der Waals surface area contributed by atoms with Crippen LogP contribution in [0.5, 0.6) is 0 Å². The molecule has 100 valence electrons. The molecule has 0 spiro atoms. The highest BCUT2D eigenvalue weighted by molar-refractivity contribution is 5.94. The molecule has 0 aliphatic carbocycles. The van der Waals surface area contributed by atoms with Gasteiger partial charge in [0.1, 0.15) is 0 Å². The SMILES string of the molecule is CC(C)(CCNC(=O)c1cccc(C#N)c1)C(=O)O.